The van der Waals surface area contributed by atoms with Crippen LogP contribution in [-0.2, 0) is 13.0 Å². The van der Waals surface area contributed by atoms with Gasteiger partial charge in [-0.15, -0.1) is 0 Å². The van der Waals surface area contributed by atoms with Gasteiger partial charge >= 0.3 is 0 Å². The Kier molecular flexibility index (Phi) is 6.19. The number of nitrogens with zero attached hydrogens (tertiary/aromatic N) is 1. The Labute approximate surface area is 191 Å². The van der Waals surface area contributed by atoms with Crippen molar-refractivity contribution in [3.05, 3.63) is 83.3 Å². The molecule has 0 radical (unpaired) electrons. The number of aryl methyl sites for hydroxylation is 1. The molecule has 7 heteroatoms. The standard InChI is InChI=1S/C20H20F2N2O.C6H8N2/c1-10-9-23-19-11(10)5-4-6-12(19)17-14(21)8-15-13(18(17)22)7-16(25)20(2,3)24-15;7-5-6-1-3-8-4-2-6/h4-6,8-9,16,23-25H,7H2,1-3H3;1-4H,5,7H2/t16-;/m1./s1. The predicted molar refractivity (Wildman–Crippen MR) is 128 cm³/mol. The number of H-pyrrole nitrogens is 1. The maximum atomic E-state index is 15.3. The number of anilines is 1. The summed E-state index contributed by atoms with van der Waals surface area (Å²) in [6, 6.07) is 10.6. The lowest BCUT2D eigenvalue weighted by molar-refractivity contribution is 0.109. The number of aliphatic hydroxyl groups is 1. The number of para-hydroxylation sites is 1. The molecule has 0 spiro atoms. The second-order valence-corrected chi connectivity index (χ2v) is 8.90. The van der Waals surface area contributed by atoms with Gasteiger partial charge in [-0.1, -0.05) is 18.2 Å². The van der Waals surface area contributed by atoms with E-state index in [4.69, 9.17) is 5.73 Å². The first kappa shape index (κ1) is 22.9. The van der Waals surface area contributed by atoms with Crippen molar-refractivity contribution in [2.24, 2.45) is 5.73 Å². The predicted octanol–water partition coefficient (Wildman–Crippen LogP) is 5.07. The zero-order valence-electron chi connectivity index (χ0n) is 18.9. The van der Waals surface area contributed by atoms with Gasteiger partial charge in [0.25, 0.3) is 0 Å². The molecule has 5 nitrogen and oxygen atoms in total. The van der Waals surface area contributed by atoms with Gasteiger partial charge in [0.05, 0.1) is 22.7 Å². The van der Waals surface area contributed by atoms with Crippen LogP contribution >= 0.6 is 0 Å². The van der Waals surface area contributed by atoms with E-state index in [9.17, 15) is 9.50 Å². The summed E-state index contributed by atoms with van der Waals surface area (Å²) in [5, 5.41) is 14.3. The Balaban J connectivity index is 0.000000275. The maximum Gasteiger partial charge on any atom is 0.139 e. The number of nitrogens with one attached hydrogen (secondary N) is 2. The lowest BCUT2D eigenvalue weighted by Crippen LogP contribution is -2.48. The molecule has 1 aliphatic rings. The molecule has 172 valence electrons. The average molecular weight is 451 g/mol. The molecular formula is C26H28F2N4O. The van der Waals surface area contributed by atoms with E-state index < -0.39 is 23.3 Å². The van der Waals surface area contributed by atoms with Crippen LogP contribution in [0.15, 0.2) is 55.0 Å². The van der Waals surface area contributed by atoms with E-state index in [2.05, 4.69) is 15.3 Å². The number of fused-ring (bicyclic) bond motifs is 2. The van der Waals surface area contributed by atoms with E-state index in [1.54, 1.807) is 24.5 Å². The molecule has 5 rings (SSSR count). The number of pyridine rings is 1. The minimum Gasteiger partial charge on any atom is -0.390 e. The van der Waals surface area contributed by atoms with Crippen LogP contribution in [0.4, 0.5) is 14.5 Å². The molecule has 0 aliphatic carbocycles. The van der Waals surface area contributed by atoms with Gasteiger partial charge in [-0.2, -0.15) is 0 Å². The van der Waals surface area contributed by atoms with Crippen molar-refractivity contribution in [1.29, 1.82) is 0 Å². The van der Waals surface area contributed by atoms with Crippen molar-refractivity contribution in [1.82, 2.24) is 9.97 Å². The number of halogens is 2. The van der Waals surface area contributed by atoms with E-state index >= 15 is 4.39 Å². The average Bonchev–Trinajstić information content (AvgIpc) is 3.18. The summed E-state index contributed by atoms with van der Waals surface area (Å²) >= 11 is 0. The van der Waals surface area contributed by atoms with Gasteiger partial charge in [-0.3, -0.25) is 4.98 Å². The van der Waals surface area contributed by atoms with Gasteiger partial charge in [0.2, 0.25) is 0 Å². The van der Waals surface area contributed by atoms with E-state index in [0.717, 1.165) is 16.5 Å². The molecule has 1 atom stereocenters. The quantitative estimate of drug-likeness (QED) is 0.343. The lowest BCUT2D eigenvalue weighted by Gasteiger charge is -2.38. The van der Waals surface area contributed by atoms with Crippen LogP contribution in [0, 0.1) is 18.6 Å². The Morgan fingerprint density at radius 1 is 1.18 bits per heavy atom. The fourth-order valence-electron chi connectivity index (χ4n) is 4.12. The zero-order valence-corrected chi connectivity index (χ0v) is 18.9. The first-order valence-electron chi connectivity index (χ1n) is 10.9. The molecule has 1 aliphatic heterocycles. The zero-order chi connectivity index (χ0) is 23.8. The molecule has 0 saturated heterocycles. The van der Waals surface area contributed by atoms with E-state index in [0.29, 0.717) is 28.9 Å². The molecule has 0 amide bonds. The Hall–Kier alpha value is -3.29. The third-order valence-electron chi connectivity index (χ3n) is 6.18. The van der Waals surface area contributed by atoms with Gasteiger partial charge in [-0.25, -0.2) is 8.78 Å². The summed E-state index contributed by atoms with van der Waals surface area (Å²) in [6.45, 7) is 6.17. The topological polar surface area (TPSA) is 87.0 Å². The third kappa shape index (κ3) is 4.34. The van der Waals surface area contributed by atoms with E-state index in [1.807, 2.05) is 45.2 Å². The second kappa shape index (κ2) is 8.92. The van der Waals surface area contributed by atoms with Crippen LogP contribution < -0.4 is 11.1 Å². The number of rotatable bonds is 2. The van der Waals surface area contributed by atoms with Crippen LogP contribution in [0.25, 0.3) is 22.0 Å². The summed E-state index contributed by atoms with van der Waals surface area (Å²) < 4.78 is 30.1. The highest BCUT2D eigenvalue weighted by atomic mass is 19.1. The number of nitrogens with two attached hydrogens (primary N) is 1. The fourth-order valence-corrected chi connectivity index (χ4v) is 4.12. The van der Waals surface area contributed by atoms with Crippen molar-refractivity contribution in [2.45, 2.75) is 45.4 Å². The summed E-state index contributed by atoms with van der Waals surface area (Å²) in [6.07, 6.45) is 4.70. The molecule has 0 unspecified atom stereocenters. The molecule has 0 bridgehead atoms. The number of aromatic amines is 1. The summed E-state index contributed by atoms with van der Waals surface area (Å²) in [7, 11) is 0. The molecule has 2 aromatic heterocycles. The van der Waals surface area contributed by atoms with Gasteiger partial charge in [0.15, 0.2) is 0 Å². The van der Waals surface area contributed by atoms with Crippen molar-refractivity contribution < 1.29 is 13.9 Å². The molecule has 2 aromatic carbocycles. The molecule has 0 fully saturated rings. The van der Waals surface area contributed by atoms with Crippen LogP contribution in [0.3, 0.4) is 0 Å². The molecule has 5 N–H and O–H groups in total. The van der Waals surface area contributed by atoms with Crippen LogP contribution in [0.5, 0.6) is 0 Å². The first-order valence-corrected chi connectivity index (χ1v) is 10.9. The number of aromatic nitrogens is 2. The smallest absolute Gasteiger partial charge is 0.139 e. The molecular weight excluding hydrogens is 422 g/mol. The fraction of sp³-hybridized carbons (Fsp3) is 0.269. The molecule has 4 aromatic rings. The van der Waals surface area contributed by atoms with Crippen LogP contribution in [0.1, 0.15) is 30.5 Å². The number of aliphatic hydroxyl groups excluding tert-OH is 1. The monoisotopic (exact) mass is 450 g/mol. The lowest BCUT2D eigenvalue weighted by atomic mass is 9.84. The highest BCUT2D eigenvalue weighted by Crippen LogP contribution is 2.40. The van der Waals surface area contributed by atoms with Crippen LogP contribution in [-0.4, -0.2) is 26.7 Å². The van der Waals surface area contributed by atoms with Gasteiger partial charge < -0.3 is 21.1 Å². The van der Waals surface area contributed by atoms with E-state index in [-0.39, 0.29) is 12.0 Å². The minimum atomic E-state index is -0.753. The van der Waals surface area contributed by atoms with Gasteiger partial charge in [0, 0.05) is 53.8 Å². The SMILES string of the molecule is Cc1c[nH]c2c(-c3c(F)cc4c(c3F)C[C@@H](O)C(C)(C)N4)cccc12.NCc1ccncc1. The number of benzene rings is 2. The molecule has 3 heterocycles. The number of hydrogen-bond donors (Lipinski definition) is 4. The van der Waals surface area contributed by atoms with Gasteiger partial charge in [0.1, 0.15) is 11.6 Å². The van der Waals surface area contributed by atoms with Crippen molar-refractivity contribution in [3.8, 4) is 11.1 Å². The summed E-state index contributed by atoms with van der Waals surface area (Å²) in [4.78, 5) is 6.95. The second-order valence-electron chi connectivity index (χ2n) is 8.90. The number of hydrogen-bond acceptors (Lipinski definition) is 4. The Morgan fingerprint density at radius 2 is 1.91 bits per heavy atom. The highest BCUT2D eigenvalue weighted by molar-refractivity contribution is 5.96. The van der Waals surface area contributed by atoms with Crippen molar-refractivity contribution >= 4 is 16.6 Å². The highest BCUT2D eigenvalue weighted by Gasteiger charge is 2.36. The van der Waals surface area contributed by atoms with Crippen molar-refractivity contribution in [3.63, 3.8) is 0 Å². The largest absolute Gasteiger partial charge is 0.390 e. The first-order chi connectivity index (χ1) is 15.7. The third-order valence-corrected chi connectivity index (χ3v) is 6.18. The molecule has 0 saturated carbocycles. The van der Waals surface area contributed by atoms with Crippen molar-refractivity contribution in [2.75, 3.05) is 5.32 Å². The summed E-state index contributed by atoms with van der Waals surface area (Å²) in [5.74, 6) is -1.23. The van der Waals surface area contributed by atoms with E-state index in [1.165, 1.54) is 6.07 Å². The minimum absolute atomic E-state index is 0.0556. The van der Waals surface area contributed by atoms with Crippen LogP contribution in [0.2, 0.25) is 0 Å². The Morgan fingerprint density at radius 3 is 2.58 bits per heavy atom. The van der Waals surface area contributed by atoms with Gasteiger partial charge in [-0.05, 0) is 50.1 Å². The normalized spacial score (nSPS) is 16.5. The summed E-state index contributed by atoms with van der Waals surface area (Å²) in [5.41, 5.74) is 8.71. The molecule has 33 heavy (non-hydrogen) atoms. The maximum absolute atomic E-state index is 15.3. The Bertz CT molecular complexity index is 1280.